The van der Waals surface area contributed by atoms with Gasteiger partial charge in [0.05, 0.1) is 5.56 Å². The minimum absolute atomic E-state index is 0.0786. The highest BCUT2D eigenvalue weighted by Gasteiger charge is 2.23. The molecule has 5 nitrogen and oxygen atoms in total. The van der Waals surface area contributed by atoms with Crippen molar-refractivity contribution in [1.82, 2.24) is 14.8 Å². The van der Waals surface area contributed by atoms with Gasteiger partial charge in [-0.2, -0.15) is 0 Å². The molecule has 2 heterocycles. The first-order valence-electron chi connectivity index (χ1n) is 8.22. The number of amides is 1. The molecule has 1 aromatic carbocycles. The lowest BCUT2D eigenvalue weighted by atomic mass is 10.1. The first-order valence-corrected chi connectivity index (χ1v) is 8.22. The van der Waals surface area contributed by atoms with Crippen molar-refractivity contribution in [3.8, 4) is 0 Å². The molecule has 0 unspecified atom stereocenters. The number of fused-ring (bicyclic) bond motifs is 1. The Morgan fingerprint density at radius 1 is 1.30 bits per heavy atom. The minimum atomic E-state index is -0.111. The van der Waals surface area contributed by atoms with Gasteiger partial charge in [-0.05, 0) is 32.0 Å². The highest BCUT2D eigenvalue weighted by molar-refractivity contribution is 6.06. The van der Waals surface area contributed by atoms with Crippen molar-refractivity contribution >= 4 is 16.7 Å². The third kappa shape index (κ3) is 3.01. The third-order valence-corrected chi connectivity index (χ3v) is 4.74. The van der Waals surface area contributed by atoms with Crippen LogP contribution in [-0.2, 0) is 7.05 Å². The predicted molar refractivity (Wildman–Crippen MR) is 91.8 cm³/mol. The van der Waals surface area contributed by atoms with E-state index in [0.29, 0.717) is 28.9 Å². The van der Waals surface area contributed by atoms with Crippen LogP contribution in [0.5, 0.6) is 0 Å². The molecule has 0 bridgehead atoms. The Morgan fingerprint density at radius 3 is 2.78 bits per heavy atom. The van der Waals surface area contributed by atoms with Crippen molar-refractivity contribution in [1.29, 1.82) is 0 Å². The molecule has 0 radical (unpaired) electrons. The van der Waals surface area contributed by atoms with E-state index in [4.69, 9.17) is 0 Å². The van der Waals surface area contributed by atoms with Crippen LogP contribution in [0.2, 0.25) is 0 Å². The SMILES string of the molecule is CCN1CCC[C@H]1CNC(=O)c1cn(C)c(=O)c2ccccc12. The van der Waals surface area contributed by atoms with E-state index in [9.17, 15) is 9.59 Å². The zero-order chi connectivity index (χ0) is 16.4. The molecule has 1 amide bonds. The van der Waals surface area contributed by atoms with Crippen LogP contribution in [0.1, 0.15) is 30.1 Å². The van der Waals surface area contributed by atoms with E-state index in [1.807, 2.05) is 18.2 Å². The maximum atomic E-state index is 12.6. The lowest BCUT2D eigenvalue weighted by Crippen LogP contribution is -2.40. The van der Waals surface area contributed by atoms with Gasteiger partial charge < -0.3 is 9.88 Å². The van der Waals surface area contributed by atoms with Crippen molar-refractivity contribution in [3.63, 3.8) is 0 Å². The first-order chi connectivity index (χ1) is 11.1. The molecule has 1 atom stereocenters. The molecule has 1 fully saturated rings. The van der Waals surface area contributed by atoms with Gasteiger partial charge in [-0.15, -0.1) is 0 Å². The quantitative estimate of drug-likeness (QED) is 0.936. The molecule has 1 saturated heterocycles. The van der Waals surface area contributed by atoms with Gasteiger partial charge in [-0.25, -0.2) is 0 Å². The topological polar surface area (TPSA) is 54.3 Å². The fourth-order valence-electron chi connectivity index (χ4n) is 3.45. The number of rotatable bonds is 4. The molecule has 0 aliphatic carbocycles. The van der Waals surface area contributed by atoms with Gasteiger partial charge in [0.1, 0.15) is 0 Å². The van der Waals surface area contributed by atoms with Crippen molar-refractivity contribution in [2.75, 3.05) is 19.6 Å². The van der Waals surface area contributed by atoms with Crippen molar-refractivity contribution < 1.29 is 4.79 Å². The summed E-state index contributed by atoms with van der Waals surface area (Å²) in [5.41, 5.74) is 0.480. The molecule has 23 heavy (non-hydrogen) atoms. The number of aromatic nitrogens is 1. The molecule has 122 valence electrons. The van der Waals surface area contributed by atoms with E-state index in [0.717, 1.165) is 19.5 Å². The van der Waals surface area contributed by atoms with E-state index < -0.39 is 0 Å². The van der Waals surface area contributed by atoms with Crippen LogP contribution >= 0.6 is 0 Å². The Kier molecular flexibility index (Phi) is 4.48. The molecule has 5 heteroatoms. The van der Waals surface area contributed by atoms with Gasteiger partial charge in [-0.3, -0.25) is 14.5 Å². The fourth-order valence-corrected chi connectivity index (χ4v) is 3.45. The molecule has 1 aliphatic heterocycles. The third-order valence-electron chi connectivity index (χ3n) is 4.74. The highest BCUT2D eigenvalue weighted by Crippen LogP contribution is 2.17. The zero-order valence-electron chi connectivity index (χ0n) is 13.7. The van der Waals surface area contributed by atoms with E-state index in [-0.39, 0.29) is 11.5 Å². The standard InChI is InChI=1S/C18H23N3O2/c1-3-21-10-6-7-13(21)11-19-17(22)16-12-20(2)18(23)15-9-5-4-8-14(15)16/h4-5,8-9,12-13H,3,6-7,10-11H2,1-2H3,(H,19,22)/t13-/m0/s1. The number of hydrogen-bond donors (Lipinski definition) is 1. The summed E-state index contributed by atoms with van der Waals surface area (Å²) >= 11 is 0. The van der Waals surface area contributed by atoms with E-state index in [2.05, 4.69) is 17.1 Å². The summed E-state index contributed by atoms with van der Waals surface area (Å²) in [5.74, 6) is -0.111. The van der Waals surface area contributed by atoms with Gasteiger partial charge in [0.15, 0.2) is 0 Å². The lowest BCUT2D eigenvalue weighted by molar-refractivity contribution is 0.0942. The van der Waals surface area contributed by atoms with Crippen molar-refractivity contribution in [2.24, 2.45) is 7.05 Å². The fraction of sp³-hybridized carbons (Fsp3) is 0.444. The maximum Gasteiger partial charge on any atom is 0.258 e. The van der Waals surface area contributed by atoms with Crippen LogP contribution in [0.25, 0.3) is 10.8 Å². The number of nitrogens with zero attached hydrogens (tertiary/aromatic N) is 2. The molecule has 1 aliphatic rings. The summed E-state index contributed by atoms with van der Waals surface area (Å²) < 4.78 is 1.48. The number of benzene rings is 1. The van der Waals surface area contributed by atoms with Crippen LogP contribution in [0, 0.1) is 0 Å². The first kappa shape index (κ1) is 15.7. The van der Waals surface area contributed by atoms with Crippen LogP contribution < -0.4 is 10.9 Å². The van der Waals surface area contributed by atoms with Gasteiger partial charge >= 0.3 is 0 Å². The molecule has 2 aromatic rings. The highest BCUT2D eigenvalue weighted by atomic mass is 16.2. The summed E-state index contributed by atoms with van der Waals surface area (Å²) in [6.45, 7) is 4.94. The number of carbonyl (C=O) groups excluding carboxylic acids is 1. The largest absolute Gasteiger partial charge is 0.350 e. The average Bonchev–Trinajstić information content (AvgIpc) is 3.03. The van der Waals surface area contributed by atoms with Crippen LogP contribution in [0.15, 0.2) is 35.3 Å². The Labute approximate surface area is 135 Å². The molecule has 1 N–H and O–H groups in total. The maximum absolute atomic E-state index is 12.6. The lowest BCUT2D eigenvalue weighted by Gasteiger charge is -2.23. The predicted octanol–water partition coefficient (Wildman–Crippen LogP) is 1.75. The van der Waals surface area contributed by atoms with Crippen LogP contribution in [0.4, 0.5) is 0 Å². The van der Waals surface area contributed by atoms with Gasteiger partial charge in [-0.1, -0.05) is 25.1 Å². The van der Waals surface area contributed by atoms with E-state index in [1.165, 1.54) is 11.0 Å². The van der Waals surface area contributed by atoms with E-state index >= 15 is 0 Å². The smallest absolute Gasteiger partial charge is 0.258 e. The van der Waals surface area contributed by atoms with Gasteiger partial charge in [0.25, 0.3) is 11.5 Å². The second-order valence-corrected chi connectivity index (χ2v) is 6.14. The summed E-state index contributed by atoms with van der Waals surface area (Å²) in [4.78, 5) is 27.2. The normalized spacial score (nSPS) is 18.4. The molecular formula is C18H23N3O2. The second-order valence-electron chi connectivity index (χ2n) is 6.14. The molecule has 1 aromatic heterocycles. The zero-order valence-corrected chi connectivity index (χ0v) is 13.7. The summed E-state index contributed by atoms with van der Waals surface area (Å²) in [5, 5.41) is 4.34. The number of pyridine rings is 1. The number of likely N-dealkylation sites (tertiary alicyclic amines) is 1. The molecular weight excluding hydrogens is 290 g/mol. The molecule has 0 saturated carbocycles. The second kappa shape index (κ2) is 6.54. The summed E-state index contributed by atoms with van der Waals surface area (Å²) in [6.07, 6.45) is 3.95. The number of likely N-dealkylation sites (N-methyl/N-ethyl adjacent to an activating group) is 1. The Balaban J connectivity index is 1.84. The Hall–Kier alpha value is -2.14. The average molecular weight is 313 g/mol. The van der Waals surface area contributed by atoms with Crippen molar-refractivity contribution in [2.45, 2.75) is 25.8 Å². The minimum Gasteiger partial charge on any atom is -0.350 e. The number of nitrogens with one attached hydrogen (secondary N) is 1. The Bertz CT molecular complexity index is 781. The molecule has 3 rings (SSSR count). The van der Waals surface area contributed by atoms with Crippen molar-refractivity contribution in [3.05, 3.63) is 46.4 Å². The number of carbonyl (C=O) groups is 1. The van der Waals surface area contributed by atoms with Gasteiger partial charge in [0, 0.05) is 36.6 Å². The summed E-state index contributed by atoms with van der Waals surface area (Å²) in [7, 11) is 1.68. The van der Waals surface area contributed by atoms with E-state index in [1.54, 1.807) is 19.3 Å². The monoisotopic (exact) mass is 313 g/mol. The van der Waals surface area contributed by atoms with Crippen LogP contribution in [-0.4, -0.2) is 41.1 Å². The van der Waals surface area contributed by atoms with Gasteiger partial charge in [0.2, 0.25) is 0 Å². The molecule has 0 spiro atoms. The number of aryl methyl sites for hydroxylation is 1. The van der Waals surface area contributed by atoms with Crippen LogP contribution in [0.3, 0.4) is 0 Å². The number of hydrogen-bond acceptors (Lipinski definition) is 3. The summed E-state index contributed by atoms with van der Waals surface area (Å²) in [6, 6.07) is 7.70. The Morgan fingerprint density at radius 2 is 2.04 bits per heavy atom.